The summed E-state index contributed by atoms with van der Waals surface area (Å²) in [6, 6.07) is 15.3. The molecule has 0 aliphatic carbocycles. The number of nitrogens with one attached hydrogen (secondary N) is 1. The fourth-order valence-electron chi connectivity index (χ4n) is 2.86. The smallest absolute Gasteiger partial charge is 0.410 e. The lowest BCUT2D eigenvalue weighted by Gasteiger charge is -2.23. The fraction of sp³-hybridized carbons (Fsp3) is 0.263. The van der Waals surface area contributed by atoms with Crippen molar-refractivity contribution in [1.82, 2.24) is 4.90 Å². The van der Waals surface area contributed by atoms with Gasteiger partial charge in [-0.25, -0.2) is 4.79 Å². The lowest BCUT2D eigenvalue weighted by molar-refractivity contribution is -0.119. The topological polar surface area (TPSA) is 78.9 Å². The van der Waals surface area contributed by atoms with Crippen molar-refractivity contribution < 1.29 is 19.4 Å². The second-order valence-corrected chi connectivity index (χ2v) is 6.10. The lowest BCUT2D eigenvalue weighted by atomic mass is 10.1. The van der Waals surface area contributed by atoms with Crippen molar-refractivity contribution >= 4 is 17.7 Å². The van der Waals surface area contributed by atoms with Crippen molar-refractivity contribution in [3.05, 3.63) is 60.2 Å². The Kier molecular flexibility index (Phi) is 5.00. The molecule has 1 aliphatic heterocycles. The van der Waals surface area contributed by atoms with Crippen LogP contribution in [-0.2, 0) is 4.79 Å². The summed E-state index contributed by atoms with van der Waals surface area (Å²) in [6.07, 6.45) is -1.22. The van der Waals surface area contributed by atoms with Crippen LogP contribution in [0.2, 0.25) is 0 Å². The molecule has 0 radical (unpaired) electrons. The van der Waals surface area contributed by atoms with Gasteiger partial charge < -0.3 is 15.2 Å². The van der Waals surface area contributed by atoms with Crippen molar-refractivity contribution in [2.75, 3.05) is 11.9 Å². The van der Waals surface area contributed by atoms with Crippen molar-refractivity contribution in [2.24, 2.45) is 0 Å². The van der Waals surface area contributed by atoms with Crippen LogP contribution in [0.1, 0.15) is 12.0 Å². The molecule has 2 aromatic rings. The Hall–Kier alpha value is -2.86. The van der Waals surface area contributed by atoms with Gasteiger partial charge in [0.15, 0.2) is 0 Å². The number of aliphatic hydroxyl groups is 1. The van der Waals surface area contributed by atoms with Crippen LogP contribution in [0, 0.1) is 6.92 Å². The number of rotatable bonds is 3. The quantitative estimate of drug-likeness (QED) is 0.900. The third-order valence-corrected chi connectivity index (χ3v) is 4.05. The molecular weight excluding hydrogens is 320 g/mol. The molecule has 3 rings (SSSR count). The minimum absolute atomic E-state index is 0.0670. The number of β-amino-alcohol motifs (C(OH)–C–C–N with tert-alkyl or cyclic N) is 1. The van der Waals surface area contributed by atoms with E-state index in [4.69, 9.17) is 4.74 Å². The first kappa shape index (κ1) is 17.0. The van der Waals surface area contributed by atoms with E-state index >= 15 is 0 Å². The predicted molar refractivity (Wildman–Crippen MR) is 93.4 cm³/mol. The monoisotopic (exact) mass is 340 g/mol. The number of anilines is 1. The molecule has 1 saturated heterocycles. The van der Waals surface area contributed by atoms with Gasteiger partial charge in [0.2, 0.25) is 5.91 Å². The van der Waals surface area contributed by atoms with Gasteiger partial charge >= 0.3 is 6.09 Å². The molecule has 1 fully saturated rings. The van der Waals surface area contributed by atoms with Gasteiger partial charge in [-0.2, -0.15) is 0 Å². The van der Waals surface area contributed by atoms with Gasteiger partial charge in [-0.1, -0.05) is 30.3 Å². The number of hydrogen-bond acceptors (Lipinski definition) is 4. The summed E-state index contributed by atoms with van der Waals surface area (Å²) >= 11 is 0. The molecule has 6 nitrogen and oxygen atoms in total. The van der Waals surface area contributed by atoms with Gasteiger partial charge in [-0.15, -0.1) is 0 Å². The van der Waals surface area contributed by atoms with Crippen LogP contribution in [0.3, 0.4) is 0 Å². The highest BCUT2D eigenvalue weighted by Crippen LogP contribution is 2.22. The molecule has 0 unspecified atom stereocenters. The zero-order valence-corrected chi connectivity index (χ0v) is 13.9. The van der Waals surface area contributed by atoms with E-state index in [1.165, 1.54) is 4.90 Å². The molecule has 6 heteroatoms. The van der Waals surface area contributed by atoms with E-state index < -0.39 is 18.2 Å². The number of ether oxygens (including phenoxy) is 1. The molecular formula is C19H20N2O4. The second-order valence-electron chi connectivity index (χ2n) is 6.10. The van der Waals surface area contributed by atoms with Crippen molar-refractivity contribution in [1.29, 1.82) is 0 Å². The first-order chi connectivity index (χ1) is 12.0. The molecule has 2 N–H and O–H groups in total. The maximum absolute atomic E-state index is 12.6. The first-order valence-electron chi connectivity index (χ1n) is 8.12. The zero-order valence-electron chi connectivity index (χ0n) is 13.9. The van der Waals surface area contributed by atoms with E-state index in [0.717, 1.165) is 5.56 Å². The van der Waals surface area contributed by atoms with Gasteiger partial charge in [0, 0.05) is 12.1 Å². The molecule has 2 aromatic carbocycles. The van der Waals surface area contributed by atoms with Crippen LogP contribution in [-0.4, -0.2) is 40.7 Å². The molecule has 130 valence electrons. The third-order valence-electron chi connectivity index (χ3n) is 4.05. The Balaban J connectivity index is 1.70. The summed E-state index contributed by atoms with van der Waals surface area (Å²) in [6.45, 7) is 2.00. The molecule has 0 bridgehead atoms. The average molecular weight is 340 g/mol. The van der Waals surface area contributed by atoms with Crippen LogP contribution in [0.5, 0.6) is 5.75 Å². The normalized spacial score (nSPS) is 19.5. The van der Waals surface area contributed by atoms with E-state index in [-0.39, 0.29) is 18.9 Å². The second kappa shape index (κ2) is 7.36. The predicted octanol–water partition coefficient (Wildman–Crippen LogP) is 2.57. The minimum atomic E-state index is -0.772. The summed E-state index contributed by atoms with van der Waals surface area (Å²) in [7, 11) is 0. The summed E-state index contributed by atoms with van der Waals surface area (Å²) in [5, 5.41) is 12.7. The standard InChI is InChI=1S/C19H20N2O4/c1-13-6-5-7-14(10-13)20-18(23)17-11-15(22)12-21(17)19(24)25-16-8-3-2-4-9-16/h2-10,15,17,22H,11-12H2,1H3,(H,20,23)/t15-,17+/m1/s1. The Morgan fingerprint density at radius 2 is 1.92 bits per heavy atom. The number of amides is 2. The number of nitrogens with zero attached hydrogens (tertiary/aromatic N) is 1. The van der Waals surface area contributed by atoms with Gasteiger partial charge in [0.1, 0.15) is 11.8 Å². The first-order valence-corrected chi connectivity index (χ1v) is 8.12. The molecule has 0 saturated carbocycles. The minimum Gasteiger partial charge on any atom is -0.410 e. The number of carbonyl (C=O) groups is 2. The molecule has 2 atom stereocenters. The largest absolute Gasteiger partial charge is 0.416 e. The van der Waals surface area contributed by atoms with Crippen molar-refractivity contribution in [3.8, 4) is 5.75 Å². The molecule has 25 heavy (non-hydrogen) atoms. The summed E-state index contributed by atoms with van der Waals surface area (Å²) < 4.78 is 5.29. The Labute approximate surface area is 146 Å². The average Bonchev–Trinajstić information content (AvgIpc) is 2.98. The molecule has 0 spiro atoms. The SMILES string of the molecule is Cc1cccc(NC(=O)[C@@H]2C[C@@H](O)CN2C(=O)Oc2ccccc2)c1. The fourth-order valence-corrected chi connectivity index (χ4v) is 2.86. The molecule has 1 aliphatic rings. The highest BCUT2D eigenvalue weighted by molar-refractivity contribution is 5.97. The number of likely N-dealkylation sites (tertiary alicyclic amines) is 1. The van der Waals surface area contributed by atoms with E-state index in [2.05, 4.69) is 5.32 Å². The molecule has 2 amide bonds. The van der Waals surface area contributed by atoms with E-state index in [0.29, 0.717) is 11.4 Å². The van der Waals surface area contributed by atoms with Gasteiger partial charge in [-0.05, 0) is 36.8 Å². The number of para-hydroxylation sites is 1. The van der Waals surface area contributed by atoms with Crippen LogP contribution in [0.25, 0.3) is 0 Å². The molecule has 1 heterocycles. The number of carbonyl (C=O) groups excluding carboxylic acids is 2. The van der Waals surface area contributed by atoms with Gasteiger partial charge in [0.25, 0.3) is 0 Å². The van der Waals surface area contributed by atoms with Gasteiger partial charge in [-0.3, -0.25) is 9.69 Å². The Morgan fingerprint density at radius 3 is 2.64 bits per heavy atom. The zero-order chi connectivity index (χ0) is 17.8. The number of benzene rings is 2. The Morgan fingerprint density at radius 1 is 1.16 bits per heavy atom. The van der Waals surface area contributed by atoms with E-state index in [1.54, 1.807) is 30.3 Å². The Bertz CT molecular complexity index is 763. The number of aliphatic hydroxyl groups excluding tert-OH is 1. The summed E-state index contributed by atoms with van der Waals surface area (Å²) in [5.41, 5.74) is 1.67. The van der Waals surface area contributed by atoms with Crippen LogP contribution < -0.4 is 10.1 Å². The highest BCUT2D eigenvalue weighted by Gasteiger charge is 2.40. The van der Waals surface area contributed by atoms with Gasteiger partial charge in [0.05, 0.1) is 12.6 Å². The van der Waals surface area contributed by atoms with Crippen LogP contribution in [0.15, 0.2) is 54.6 Å². The maximum atomic E-state index is 12.6. The number of aryl methyl sites for hydroxylation is 1. The van der Waals surface area contributed by atoms with E-state index in [9.17, 15) is 14.7 Å². The molecule has 0 aromatic heterocycles. The highest BCUT2D eigenvalue weighted by atomic mass is 16.6. The summed E-state index contributed by atoms with van der Waals surface area (Å²) in [4.78, 5) is 26.2. The van der Waals surface area contributed by atoms with Crippen molar-refractivity contribution in [2.45, 2.75) is 25.5 Å². The van der Waals surface area contributed by atoms with E-state index in [1.807, 2.05) is 31.2 Å². The maximum Gasteiger partial charge on any atom is 0.416 e. The van der Waals surface area contributed by atoms with Crippen LogP contribution >= 0.6 is 0 Å². The number of hydrogen-bond donors (Lipinski definition) is 2. The van der Waals surface area contributed by atoms with Crippen LogP contribution in [0.4, 0.5) is 10.5 Å². The van der Waals surface area contributed by atoms with Crippen molar-refractivity contribution in [3.63, 3.8) is 0 Å². The third kappa shape index (κ3) is 4.16. The summed E-state index contributed by atoms with van der Waals surface area (Å²) in [5.74, 6) is 0.0545. The lowest BCUT2D eigenvalue weighted by Crippen LogP contribution is -2.44.